The van der Waals surface area contributed by atoms with Gasteiger partial charge in [-0.1, -0.05) is 29.3 Å². The van der Waals surface area contributed by atoms with Crippen LogP contribution in [0.25, 0.3) is 10.9 Å². The van der Waals surface area contributed by atoms with Crippen LogP contribution in [0.3, 0.4) is 0 Å². The fourth-order valence-electron chi connectivity index (χ4n) is 3.29. The van der Waals surface area contributed by atoms with E-state index in [-0.39, 0.29) is 17.9 Å². The van der Waals surface area contributed by atoms with Gasteiger partial charge in [0.15, 0.2) is 0 Å². The Morgan fingerprint density at radius 3 is 2.58 bits per heavy atom. The summed E-state index contributed by atoms with van der Waals surface area (Å²) in [6.45, 7) is 6.31. The molecule has 5 heteroatoms. The first kappa shape index (κ1) is 18.2. The summed E-state index contributed by atoms with van der Waals surface area (Å²) in [4.78, 5) is 24.8. The lowest BCUT2D eigenvalue weighted by molar-refractivity contribution is -0.116. The van der Waals surface area contributed by atoms with Gasteiger partial charge in [-0.2, -0.15) is 0 Å². The standard InChI is InChI=1S/C21H21ClN2O2/c1-13-9-15(3)21-18(10-13)14(2)11-20(26)24(21)8-7-19(25)23-17-6-4-5-16(22)12-17/h4-6,9-12H,7-8H2,1-3H3,(H,23,25). The van der Waals surface area contributed by atoms with Crippen LogP contribution in [0, 0.1) is 20.8 Å². The van der Waals surface area contributed by atoms with E-state index in [9.17, 15) is 9.59 Å². The number of benzene rings is 2. The van der Waals surface area contributed by atoms with E-state index < -0.39 is 0 Å². The minimum absolute atomic E-state index is 0.0856. The van der Waals surface area contributed by atoms with Crippen molar-refractivity contribution < 1.29 is 4.79 Å². The fourth-order valence-corrected chi connectivity index (χ4v) is 3.49. The van der Waals surface area contributed by atoms with Gasteiger partial charge in [-0.25, -0.2) is 0 Å². The van der Waals surface area contributed by atoms with Crippen molar-refractivity contribution in [1.29, 1.82) is 0 Å². The molecule has 134 valence electrons. The van der Waals surface area contributed by atoms with Crippen molar-refractivity contribution in [2.45, 2.75) is 33.7 Å². The molecule has 0 aliphatic rings. The van der Waals surface area contributed by atoms with Crippen LogP contribution in [-0.4, -0.2) is 10.5 Å². The highest BCUT2D eigenvalue weighted by Gasteiger charge is 2.11. The van der Waals surface area contributed by atoms with E-state index in [1.807, 2.05) is 20.8 Å². The third kappa shape index (κ3) is 3.81. The average Bonchev–Trinajstić information content (AvgIpc) is 2.55. The van der Waals surface area contributed by atoms with Gasteiger partial charge in [-0.05, 0) is 56.2 Å². The number of pyridine rings is 1. The SMILES string of the molecule is Cc1cc(C)c2c(c1)c(C)cc(=O)n2CCC(=O)Nc1cccc(Cl)c1. The summed E-state index contributed by atoms with van der Waals surface area (Å²) < 4.78 is 1.69. The second kappa shape index (κ2) is 7.34. The zero-order chi connectivity index (χ0) is 18.8. The number of rotatable bonds is 4. The molecule has 3 rings (SSSR count). The van der Waals surface area contributed by atoms with E-state index in [0.29, 0.717) is 17.3 Å². The summed E-state index contributed by atoms with van der Waals surface area (Å²) in [5.74, 6) is -0.155. The molecule has 1 aromatic heterocycles. The quantitative estimate of drug-likeness (QED) is 0.731. The Morgan fingerprint density at radius 2 is 1.85 bits per heavy atom. The summed E-state index contributed by atoms with van der Waals surface area (Å²) in [6, 6.07) is 12.8. The van der Waals surface area contributed by atoms with Crippen molar-refractivity contribution in [1.82, 2.24) is 4.57 Å². The maximum atomic E-state index is 12.5. The highest BCUT2D eigenvalue weighted by atomic mass is 35.5. The second-order valence-electron chi connectivity index (χ2n) is 6.60. The predicted octanol–water partition coefficient (Wildman–Crippen LogP) is 4.61. The highest BCUT2D eigenvalue weighted by Crippen LogP contribution is 2.22. The van der Waals surface area contributed by atoms with Crippen LogP contribution in [0.4, 0.5) is 5.69 Å². The van der Waals surface area contributed by atoms with Crippen molar-refractivity contribution in [2.75, 3.05) is 5.32 Å². The molecule has 1 heterocycles. The number of aromatic nitrogens is 1. The van der Waals surface area contributed by atoms with Crippen LogP contribution < -0.4 is 10.9 Å². The van der Waals surface area contributed by atoms with Crippen LogP contribution in [-0.2, 0) is 11.3 Å². The van der Waals surface area contributed by atoms with Crippen molar-refractivity contribution in [3.63, 3.8) is 0 Å². The Balaban J connectivity index is 1.87. The number of aryl methyl sites for hydroxylation is 4. The third-order valence-corrected chi connectivity index (χ3v) is 4.65. The van der Waals surface area contributed by atoms with Crippen LogP contribution in [0.2, 0.25) is 5.02 Å². The number of hydrogen-bond donors (Lipinski definition) is 1. The van der Waals surface area contributed by atoms with Crippen LogP contribution in [0.1, 0.15) is 23.1 Å². The fraction of sp³-hybridized carbons (Fsp3) is 0.238. The van der Waals surface area contributed by atoms with E-state index >= 15 is 0 Å². The number of nitrogens with one attached hydrogen (secondary N) is 1. The van der Waals surface area contributed by atoms with Crippen molar-refractivity contribution in [2.24, 2.45) is 0 Å². The second-order valence-corrected chi connectivity index (χ2v) is 7.04. The summed E-state index contributed by atoms with van der Waals surface area (Å²) >= 11 is 5.94. The Kier molecular flexibility index (Phi) is 5.14. The molecule has 4 nitrogen and oxygen atoms in total. The molecule has 0 atom stereocenters. The monoisotopic (exact) mass is 368 g/mol. The van der Waals surface area contributed by atoms with Gasteiger partial charge in [0.2, 0.25) is 5.91 Å². The van der Waals surface area contributed by atoms with Gasteiger partial charge in [0.25, 0.3) is 5.56 Å². The zero-order valence-electron chi connectivity index (χ0n) is 15.1. The Labute approximate surface area is 157 Å². The Morgan fingerprint density at radius 1 is 1.08 bits per heavy atom. The molecule has 2 aromatic carbocycles. The van der Waals surface area contributed by atoms with Gasteiger partial charge >= 0.3 is 0 Å². The molecule has 0 fully saturated rings. The van der Waals surface area contributed by atoms with Gasteiger partial charge in [-0.15, -0.1) is 0 Å². The lowest BCUT2D eigenvalue weighted by atomic mass is 10.0. The summed E-state index contributed by atoms with van der Waals surface area (Å²) in [6.07, 6.45) is 0.206. The molecule has 0 saturated carbocycles. The van der Waals surface area contributed by atoms with Crippen molar-refractivity contribution in [3.8, 4) is 0 Å². The minimum atomic E-state index is -0.155. The molecule has 1 amide bonds. The molecule has 26 heavy (non-hydrogen) atoms. The number of amides is 1. The average molecular weight is 369 g/mol. The molecule has 0 spiro atoms. The zero-order valence-corrected chi connectivity index (χ0v) is 15.9. The molecule has 0 aliphatic carbocycles. The molecule has 0 bridgehead atoms. The lowest BCUT2D eigenvalue weighted by Gasteiger charge is -2.15. The van der Waals surface area contributed by atoms with E-state index in [0.717, 1.165) is 27.6 Å². The first-order valence-corrected chi connectivity index (χ1v) is 8.90. The van der Waals surface area contributed by atoms with E-state index in [1.165, 1.54) is 0 Å². The topological polar surface area (TPSA) is 51.1 Å². The molecule has 1 N–H and O–H groups in total. The number of carbonyl (C=O) groups is 1. The molecular weight excluding hydrogens is 348 g/mol. The number of fused-ring (bicyclic) bond motifs is 1. The summed E-state index contributed by atoms with van der Waals surface area (Å²) in [5.41, 5.74) is 4.61. The summed E-state index contributed by atoms with van der Waals surface area (Å²) in [7, 11) is 0. The highest BCUT2D eigenvalue weighted by molar-refractivity contribution is 6.30. The van der Waals surface area contributed by atoms with Crippen LogP contribution in [0.15, 0.2) is 47.3 Å². The first-order chi connectivity index (χ1) is 12.3. The third-order valence-electron chi connectivity index (χ3n) is 4.42. The number of hydrogen-bond acceptors (Lipinski definition) is 2. The normalized spacial score (nSPS) is 10.9. The van der Waals surface area contributed by atoms with E-state index in [1.54, 1.807) is 34.9 Å². The van der Waals surface area contributed by atoms with Crippen LogP contribution in [0.5, 0.6) is 0 Å². The van der Waals surface area contributed by atoms with E-state index in [4.69, 9.17) is 11.6 Å². The van der Waals surface area contributed by atoms with Crippen molar-refractivity contribution >= 4 is 34.1 Å². The molecular formula is C21H21ClN2O2. The molecule has 0 radical (unpaired) electrons. The van der Waals surface area contributed by atoms with Gasteiger partial charge < -0.3 is 9.88 Å². The lowest BCUT2D eigenvalue weighted by Crippen LogP contribution is -2.24. The maximum absolute atomic E-state index is 12.5. The number of anilines is 1. The predicted molar refractivity (Wildman–Crippen MR) is 107 cm³/mol. The summed E-state index contributed by atoms with van der Waals surface area (Å²) in [5, 5.41) is 4.43. The molecule has 0 saturated heterocycles. The molecule has 0 unspecified atom stereocenters. The number of halogens is 1. The Hall–Kier alpha value is -2.59. The van der Waals surface area contributed by atoms with Crippen LogP contribution >= 0.6 is 11.6 Å². The number of carbonyl (C=O) groups excluding carboxylic acids is 1. The van der Waals surface area contributed by atoms with Gasteiger partial charge in [0, 0.05) is 35.1 Å². The first-order valence-electron chi connectivity index (χ1n) is 8.52. The number of nitrogens with zero attached hydrogens (tertiary/aromatic N) is 1. The maximum Gasteiger partial charge on any atom is 0.251 e. The van der Waals surface area contributed by atoms with Gasteiger partial charge in [0.1, 0.15) is 0 Å². The largest absolute Gasteiger partial charge is 0.326 e. The smallest absolute Gasteiger partial charge is 0.251 e. The van der Waals surface area contributed by atoms with E-state index in [2.05, 4.69) is 17.4 Å². The molecule has 0 aliphatic heterocycles. The van der Waals surface area contributed by atoms with Gasteiger partial charge in [-0.3, -0.25) is 9.59 Å². The molecule has 3 aromatic rings. The van der Waals surface area contributed by atoms with Gasteiger partial charge in [0.05, 0.1) is 5.52 Å². The Bertz CT molecular complexity index is 1050. The van der Waals surface area contributed by atoms with Crippen molar-refractivity contribution in [3.05, 3.63) is 74.5 Å². The minimum Gasteiger partial charge on any atom is -0.326 e.